The lowest BCUT2D eigenvalue weighted by Gasteiger charge is -2.50. The van der Waals surface area contributed by atoms with Crippen molar-refractivity contribution in [3.8, 4) is 11.5 Å². The predicted molar refractivity (Wildman–Crippen MR) is 145 cm³/mol. The molecule has 2 aromatic carbocycles. The Labute approximate surface area is 233 Å². The van der Waals surface area contributed by atoms with Gasteiger partial charge in [-0.2, -0.15) is 0 Å². The number of carboxylic acids is 2. The van der Waals surface area contributed by atoms with Crippen molar-refractivity contribution in [1.29, 1.82) is 0 Å². The summed E-state index contributed by atoms with van der Waals surface area (Å²) in [4.78, 5) is 50.7. The first-order chi connectivity index (χ1) is 19.2. The van der Waals surface area contributed by atoms with E-state index < -0.39 is 47.2 Å². The number of carbonyl (C=O) groups excluding carboxylic acids is 2. The molecule has 0 radical (unpaired) electrons. The molecule has 2 fully saturated rings. The van der Waals surface area contributed by atoms with E-state index in [9.17, 15) is 29.4 Å². The minimum absolute atomic E-state index is 0.00331. The zero-order valence-corrected chi connectivity index (χ0v) is 22.7. The highest BCUT2D eigenvalue weighted by molar-refractivity contribution is 5.95. The van der Waals surface area contributed by atoms with Gasteiger partial charge in [-0.25, -0.2) is 4.79 Å². The Morgan fingerprint density at radius 2 is 1.60 bits per heavy atom. The molecule has 0 saturated heterocycles. The van der Waals surface area contributed by atoms with Gasteiger partial charge >= 0.3 is 17.9 Å². The molecule has 2 aliphatic rings. The molecule has 0 aliphatic heterocycles. The number of hydrogen-bond acceptors (Lipinski definition) is 6. The van der Waals surface area contributed by atoms with Gasteiger partial charge in [0.05, 0.1) is 17.3 Å². The molecular formula is C31H37NO8. The Morgan fingerprint density at radius 1 is 0.950 bits per heavy atom. The molecule has 4 atom stereocenters. The highest BCUT2D eigenvalue weighted by Crippen LogP contribution is 2.55. The fraction of sp³-hybridized carbons (Fsp3) is 0.484. The van der Waals surface area contributed by atoms with Gasteiger partial charge in [-0.15, -0.1) is 0 Å². The summed E-state index contributed by atoms with van der Waals surface area (Å²) >= 11 is 0. The molecule has 40 heavy (non-hydrogen) atoms. The Morgan fingerprint density at radius 3 is 2.20 bits per heavy atom. The van der Waals surface area contributed by atoms with E-state index >= 15 is 0 Å². The van der Waals surface area contributed by atoms with Gasteiger partial charge in [0.15, 0.2) is 0 Å². The van der Waals surface area contributed by atoms with E-state index in [4.69, 9.17) is 9.47 Å². The lowest BCUT2D eigenvalue weighted by Crippen LogP contribution is -2.62. The van der Waals surface area contributed by atoms with E-state index in [1.165, 1.54) is 0 Å². The van der Waals surface area contributed by atoms with Gasteiger partial charge in [-0.1, -0.05) is 62.9 Å². The molecule has 2 saturated carbocycles. The number of ether oxygens (including phenoxy) is 2. The van der Waals surface area contributed by atoms with Crippen molar-refractivity contribution in [2.45, 2.75) is 70.9 Å². The van der Waals surface area contributed by atoms with Gasteiger partial charge in [0.25, 0.3) is 0 Å². The van der Waals surface area contributed by atoms with Crippen LogP contribution >= 0.6 is 0 Å². The highest BCUT2D eigenvalue weighted by atomic mass is 16.6. The normalized spacial score (nSPS) is 23.3. The number of rotatable bonds is 12. The maximum absolute atomic E-state index is 13.4. The van der Waals surface area contributed by atoms with Gasteiger partial charge < -0.3 is 25.0 Å². The van der Waals surface area contributed by atoms with E-state index in [-0.39, 0.29) is 25.3 Å². The Balaban J connectivity index is 1.40. The summed E-state index contributed by atoms with van der Waals surface area (Å²) in [5.41, 5.74) is -0.469. The second-order valence-electron chi connectivity index (χ2n) is 10.9. The molecule has 4 unspecified atom stereocenters. The first-order valence-corrected chi connectivity index (χ1v) is 14.0. The molecular weight excluding hydrogens is 514 g/mol. The summed E-state index contributed by atoms with van der Waals surface area (Å²) in [7, 11) is 0. The van der Waals surface area contributed by atoms with Gasteiger partial charge in [-0.3, -0.25) is 14.4 Å². The van der Waals surface area contributed by atoms with Crippen molar-refractivity contribution in [1.82, 2.24) is 5.32 Å². The highest BCUT2D eigenvalue weighted by Gasteiger charge is 2.64. The van der Waals surface area contributed by atoms with Crippen molar-refractivity contribution in [3.63, 3.8) is 0 Å². The van der Waals surface area contributed by atoms with E-state index in [2.05, 4.69) is 5.32 Å². The topological polar surface area (TPSA) is 139 Å². The summed E-state index contributed by atoms with van der Waals surface area (Å²) in [5, 5.41) is 22.6. The minimum Gasteiger partial charge on any atom is -0.481 e. The van der Waals surface area contributed by atoms with E-state index in [1.54, 1.807) is 12.1 Å². The maximum atomic E-state index is 13.4. The van der Waals surface area contributed by atoms with Crippen molar-refractivity contribution in [2.24, 2.45) is 23.2 Å². The van der Waals surface area contributed by atoms with Gasteiger partial charge in [-0.05, 0) is 55.5 Å². The number of benzene rings is 2. The number of para-hydroxylation sites is 1. The van der Waals surface area contributed by atoms with Crippen LogP contribution in [0.5, 0.6) is 11.5 Å². The third-order valence-corrected chi connectivity index (χ3v) is 8.22. The number of esters is 1. The van der Waals surface area contributed by atoms with E-state index in [1.807, 2.05) is 49.4 Å². The number of carbonyl (C=O) groups is 4. The van der Waals surface area contributed by atoms with Gasteiger partial charge in [0.2, 0.25) is 12.0 Å². The standard InChI is InChI=1S/C31H37NO8/c1-2-17-31(30(38)32-19-20-13-15-23(16-14-20)39-22-11-7-4-8-12-22)18-24(25(31)27(33)34)29(37)40-26(28(35)36)21-9-5-3-6-10-21/h4,7-8,11-16,21,24-26H,2-3,5-6,9-10,17-19H2,1H3,(H,32,38)(H,33,34)(H,35,36). The van der Waals surface area contributed by atoms with Crippen LogP contribution in [-0.4, -0.2) is 40.1 Å². The second-order valence-corrected chi connectivity index (χ2v) is 10.9. The molecule has 1 amide bonds. The number of nitrogens with one attached hydrogen (secondary N) is 1. The monoisotopic (exact) mass is 551 g/mol. The lowest BCUT2D eigenvalue weighted by atomic mass is 9.51. The molecule has 9 heteroatoms. The van der Waals surface area contributed by atoms with E-state index in [0.717, 1.165) is 24.8 Å². The van der Waals surface area contributed by atoms with Crippen LogP contribution in [0.4, 0.5) is 0 Å². The van der Waals surface area contributed by atoms with E-state index in [0.29, 0.717) is 30.8 Å². The third-order valence-electron chi connectivity index (χ3n) is 8.22. The van der Waals surface area contributed by atoms with Crippen LogP contribution in [0.1, 0.15) is 63.9 Å². The average molecular weight is 552 g/mol. The summed E-state index contributed by atoms with van der Waals surface area (Å²) in [5.74, 6) is -5.06. The van der Waals surface area contributed by atoms with Crippen LogP contribution in [-0.2, 0) is 30.5 Å². The SMILES string of the molecule is CCCC1(C(=O)NCc2ccc(Oc3ccccc3)cc2)CC(C(=O)OC(C(=O)O)C2CCCCC2)C1C(=O)O. The van der Waals surface area contributed by atoms with Crippen molar-refractivity contribution in [2.75, 3.05) is 0 Å². The summed E-state index contributed by atoms with van der Waals surface area (Å²) in [6.07, 6.45) is 3.59. The summed E-state index contributed by atoms with van der Waals surface area (Å²) in [6.45, 7) is 2.04. The molecule has 0 heterocycles. The maximum Gasteiger partial charge on any atom is 0.345 e. The number of amides is 1. The summed E-state index contributed by atoms with van der Waals surface area (Å²) in [6, 6.07) is 16.6. The Bertz CT molecular complexity index is 1190. The Kier molecular flexibility index (Phi) is 9.45. The second kappa shape index (κ2) is 13.0. The smallest absolute Gasteiger partial charge is 0.345 e. The third kappa shape index (κ3) is 6.46. The fourth-order valence-electron chi connectivity index (χ4n) is 6.20. The fourth-order valence-corrected chi connectivity index (χ4v) is 6.20. The number of aliphatic carboxylic acids is 2. The predicted octanol–water partition coefficient (Wildman–Crippen LogP) is 5.18. The molecule has 2 aromatic rings. The largest absolute Gasteiger partial charge is 0.481 e. The van der Waals surface area contributed by atoms with Crippen molar-refractivity contribution < 1.29 is 38.9 Å². The molecule has 9 nitrogen and oxygen atoms in total. The average Bonchev–Trinajstić information content (AvgIpc) is 2.93. The molecule has 214 valence electrons. The van der Waals surface area contributed by atoms with Crippen LogP contribution in [0.15, 0.2) is 54.6 Å². The lowest BCUT2D eigenvalue weighted by molar-refractivity contribution is -0.193. The number of carboxylic acid groups (broad SMARTS) is 2. The summed E-state index contributed by atoms with van der Waals surface area (Å²) < 4.78 is 11.2. The molecule has 3 N–H and O–H groups in total. The minimum atomic E-state index is -1.30. The molecule has 0 aromatic heterocycles. The zero-order valence-electron chi connectivity index (χ0n) is 22.7. The van der Waals surface area contributed by atoms with Crippen LogP contribution in [0.3, 0.4) is 0 Å². The van der Waals surface area contributed by atoms with Gasteiger partial charge in [0, 0.05) is 12.5 Å². The van der Waals surface area contributed by atoms with Crippen LogP contribution < -0.4 is 10.1 Å². The first kappa shape index (κ1) is 29.1. The van der Waals surface area contributed by atoms with Crippen LogP contribution in [0.2, 0.25) is 0 Å². The molecule has 0 bridgehead atoms. The quantitative estimate of drug-likeness (QED) is 0.307. The Hall–Kier alpha value is -3.88. The molecule has 2 aliphatic carbocycles. The van der Waals surface area contributed by atoms with Crippen molar-refractivity contribution >= 4 is 23.8 Å². The zero-order chi connectivity index (χ0) is 28.7. The first-order valence-electron chi connectivity index (χ1n) is 14.0. The van der Waals surface area contributed by atoms with Crippen LogP contribution in [0.25, 0.3) is 0 Å². The number of hydrogen-bond donors (Lipinski definition) is 3. The van der Waals surface area contributed by atoms with Gasteiger partial charge in [0.1, 0.15) is 11.5 Å². The molecule has 0 spiro atoms. The van der Waals surface area contributed by atoms with Crippen LogP contribution in [0, 0.1) is 23.2 Å². The van der Waals surface area contributed by atoms with Crippen molar-refractivity contribution in [3.05, 3.63) is 60.2 Å². The molecule has 4 rings (SSSR count).